The minimum absolute atomic E-state index is 0.819. The molecule has 0 radical (unpaired) electrons. The van der Waals surface area contributed by atoms with Gasteiger partial charge in [0.2, 0.25) is 0 Å². The van der Waals surface area contributed by atoms with Crippen LogP contribution in [0.2, 0.25) is 0 Å². The molecule has 22 heavy (non-hydrogen) atoms. The number of aromatic nitrogens is 4. The first-order valence-corrected chi connectivity index (χ1v) is 7.28. The first-order valence-electron chi connectivity index (χ1n) is 7.28. The van der Waals surface area contributed by atoms with E-state index in [1.54, 1.807) is 6.20 Å². The van der Waals surface area contributed by atoms with Crippen molar-refractivity contribution in [3.63, 3.8) is 0 Å². The third-order valence-corrected chi connectivity index (χ3v) is 3.82. The molecule has 0 fully saturated rings. The van der Waals surface area contributed by atoms with Crippen molar-refractivity contribution in [3.8, 4) is 5.69 Å². The molecule has 0 bridgehead atoms. The predicted molar refractivity (Wildman–Crippen MR) is 87.1 cm³/mol. The summed E-state index contributed by atoms with van der Waals surface area (Å²) in [5.41, 5.74) is 5.76. The lowest BCUT2D eigenvalue weighted by molar-refractivity contribution is 0.796. The third kappa shape index (κ3) is 2.29. The molecule has 2 aromatic heterocycles. The van der Waals surface area contributed by atoms with Gasteiger partial charge < -0.3 is 4.57 Å². The molecule has 0 saturated carbocycles. The minimum Gasteiger partial charge on any atom is -0.333 e. The molecule has 4 heteroatoms. The molecule has 4 rings (SSSR count). The molecule has 0 spiro atoms. The van der Waals surface area contributed by atoms with E-state index in [-0.39, 0.29) is 0 Å². The second-order valence-electron chi connectivity index (χ2n) is 5.51. The molecule has 2 aromatic carbocycles. The molecule has 0 unspecified atom stereocenters. The quantitative estimate of drug-likeness (QED) is 0.577. The summed E-state index contributed by atoms with van der Waals surface area (Å²) in [5, 5.41) is 0. The van der Waals surface area contributed by atoms with E-state index in [1.165, 1.54) is 11.1 Å². The molecule has 4 nitrogen and oxygen atoms in total. The maximum Gasteiger partial charge on any atom is 0.100 e. The monoisotopic (exact) mass is 288 g/mol. The van der Waals surface area contributed by atoms with Crippen LogP contribution in [0.5, 0.6) is 0 Å². The van der Waals surface area contributed by atoms with Gasteiger partial charge in [-0.3, -0.25) is 4.57 Å². The van der Waals surface area contributed by atoms with Crippen LogP contribution in [0, 0.1) is 6.92 Å². The molecule has 108 valence electrons. The van der Waals surface area contributed by atoms with E-state index < -0.39 is 0 Å². The average molecular weight is 288 g/mol. The summed E-state index contributed by atoms with van der Waals surface area (Å²) in [7, 11) is 0. The lowest BCUT2D eigenvalue weighted by Gasteiger charge is -2.08. The van der Waals surface area contributed by atoms with Crippen molar-refractivity contribution >= 4 is 11.0 Å². The molecule has 0 aliphatic rings. The number of fused-ring (bicyclic) bond motifs is 1. The largest absolute Gasteiger partial charge is 0.333 e. The molecule has 0 saturated heterocycles. The van der Waals surface area contributed by atoms with Crippen molar-refractivity contribution in [2.45, 2.75) is 13.5 Å². The zero-order valence-electron chi connectivity index (χ0n) is 12.3. The molecule has 0 N–H and O–H groups in total. The standard InChI is InChI=1S/C18H16N4/c1-14-5-6-18-17(9-14)20-13-22(18)16-4-2-3-15(10-16)11-21-8-7-19-12-21/h2-10,12-13H,11H2,1H3. The van der Waals surface area contributed by atoms with Crippen LogP contribution < -0.4 is 0 Å². The molecular formula is C18H16N4. The first kappa shape index (κ1) is 12.8. The summed E-state index contributed by atoms with van der Waals surface area (Å²) in [4.78, 5) is 8.60. The highest BCUT2D eigenvalue weighted by atomic mass is 15.1. The second kappa shape index (κ2) is 5.15. The highest BCUT2D eigenvalue weighted by Gasteiger charge is 2.05. The Labute approximate surface area is 128 Å². The lowest BCUT2D eigenvalue weighted by atomic mass is 10.2. The van der Waals surface area contributed by atoms with Gasteiger partial charge in [0, 0.05) is 24.6 Å². The van der Waals surface area contributed by atoms with Crippen molar-refractivity contribution in [1.29, 1.82) is 0 Å². The Balaban J connectivity index is 1.75. The Morgan fingerprint density at radius 2 is 2.00 bits per heavy atom. The molecular weight excluding hydrogens is 272 g/mol. The van der Waals surface area contributed by atoms with Gasteiger partial charge in [0.15, 0.2) is 0 Å². The van der Waals surface area contributed by atoms with Crippen molar-refractivity contribution in [2.24, 2.45) is 0 Å². The predicted octanol–water partition coefficient (Wildman–Crippen LogP) is 3.58. The fraction of sp³-hybridized carbons (Fsp3) is 0.111. The van der Waals surface area contributed by atoms with Crippen molar-refractivity contribution in [2.75, 3.05) is 0 Å². The Bertz CT molecular complexity index is 919. The number of rotatable bonds is 3. The summed E-state index contributed by atoms with van der Waals surface area (Å²) in [6, 6.07) is 14.9. The summed E-state index contributed by atoms with van der Waals surface area (Å²) in [5.74, 6) is 0. The van der Waals surface area contributed by atoms with E-state index in [0.717, 1.165) is 23.3 Å². The van der Waals surface area contributed by atoms with Crippen molar-refractivity contribution < 1.29 is 0 Å². The van der Waals surface area contributed by atoms with Crippen LogP contribution >= 0.6 is 0 Å². The molecule has 2 heterocycles. The zero-order valence-corrected chi connectivity index (χ0v) is 12.3. The second-order valence-corrected chi connectivity index (χ2v) is 5.51. The number of aryl methyl sites for hydroxylation is 1. The fourth-order valence-corrected chi connectivity index (χ4v) is 2.72. The first-order chi connectivity index (χ1) is 10.8. The van der Waals surface area contributed by atoms with Crippen LogP contribution in [0.3, 0.4) is 0 Å². The number of hydrogen-bond acceptors (Lipinski definition) is 2. The topological polar surface area (TPSA) is 35.6 Å². The van der Waals surface area contributed by atoms with Crippen LogP contribution in [0.15, 0.2) is 67.5 Å². The Kier molecular flexibility index (Phi) is 3.00. The molecule has 0 aliphatic carbocycles. The van der Waals surface area contributed by atoms with Crippen molar-refractivity contribution in [3.05, 3.63) is 78.6 Å². The Hall–Kier alpha value is -2.88. The van der Waals surface area contributed by atoms with Gasteiger partial charge in [0.25, 0.3) is 0 Å². The number of benzene rings is 2. The fourth-order valence-electron chi connectivity index (χ4n) is 2.72. The minimum atomic E-state index is 0.819. The summed E-state index contributed by atoms with van der Waals surface area (Å²) < 4.78 is 4.20. The van der Waals surface area contributed by atoms with Crippen molar-refractivity contribution in [1.82, 2.24) is 19.1 Å². The maximum atomic E-state index is 4.51. The van der Waals surface area contributed by atoms with Crippen LogP contribution in [-0.2, 0) is 6.54 Å². The highest BCUT2D eigenvalue weighted by Crippen LogP contribution is 2.20. The summed E-state index contributed by atoms with van der Waals surface area (Å²) >= 11 is 0. The van der Waals surface area contributed by atoms with Gasteiger partial charge in [0.1, 0.15) is 6.33 Å². The van der Waals surface area contributed by atoms with Gasteiger partial charge >= 0.3 is 0 Å². The molecule has 0 amide bonds. The zero-order chi connectivity index (χ0) is 14.9. The van der Waals surface area contributed by atoms with Gasteiger partial charge in [-0.05, 0) is 42.3 Å². The molecule has 0 atom stereocenters. The smallest absolute Gasteiger partial charge is 0.100 e. The molecule has 0 aliphatic heterocycles. The van der Waals surface area contributed by atoms with Gasteiger partial charge in [-0.1, -0.05) is 18.2 Å². The normalized spacial score (nSPS) is 11.1. The Morgan fingerprint density at radius 1 is 1.05 bits per heavy atom. The van der Waals surface area contributed by atoms with E-state index >= 15 is 0 Å². The SMILES string of the molecule is Cc1ccc2c(c1)ncn2-c1cccc(Cn2ccnc2)c1. The number of hydrogen-bond donors (Lipinski definition) is 0. The van der Waals surface area contributed by atoms with Crippen LogP contribution in [0.1, 0.15) is 11.1 Å². The summed E-state index contributed by atoms with van der Waals surface area (Å²) in [6.07, 6.45) is 7.50. The lowest BCUT2D eigenvalue weighted by Crippen LogP contribution is -1.98. The van der Waals surface area contributed by atoms with Crippen LogP contribution in [0.25, 0.3) is 16.7 Å². The Morgan fingerprint density at radius 3 is 2.86 bits per heavy atom. The van der Waals surface area contributed by atoms with E-state index in [0.29, 0.717) is 0 Å². The van der Waals surface area contributed by atoms with Gasteiger partial charge in [-0.2, -0.15) is 0 Å². The van der Waals surface area contributed by atoms with E-state index in [1.807, 2.05) is 18.9 Å². The maximum absolute atomic E-state index is 4.51. The van der Waals surface area contributed by atoms with Crippen LogP contribution in [0.4, 0.5) is 0 Å². The van der Waals surface area contributed by atoms with Crippen LogP contribution in [-0.4, -0.2) is 19.1 Å². The summed E-state index contributed by atoms with van der Waals surface area (Å²) in [6.45, 7) is 2.91. The van der Waals surface area contributed by atoms with Gasteiger partial charge in [0.05, 0.1) is 17.4 Å². The van der Waals surface area contributed by atoms with E-state index in [9.17, 15) is 0 Å². The average Bonchev–Trinajstić information content (AvgIpc) is 3.16. The van der Waals surface area contributed by atoms with Gasteiger partial charge in [-0.25, -0.2) is 9.97 Å². The number of nitrogens with zero attached hydrogens (tertiary/aromatic N) is 4. The van der Waals surface area contributed by atoms with E-state index in [2.05, 4.69) is 68.5 Å². The highest BCUT2D eigenvalue weighted by molar-refractivity contribution is 5.78. The van der Waals surface area contributed by atoms with Gasteiger partial charge in [-0.15, -0.1) is 0 Å². The number of imidazole rings is 2. The van der Waals surface area contributed by atoms with E-state index in [4.69, 9.17) is 0 Å². The molecule has 4 aromatic rings. The third-order valence-electron chi connectivity index (χ3n) is 3.82.